The first-order valence-corrected chi connectivity index (χ1v) is 10.6. The summed E-state index contributed by atoms with van der Waals surface area (Å²) in [5, 5.41) is 12.0. The number of hydrogen-bond donors (Lipinski definition) is 1. The van der Waals surface area contributed by atoms with Gasteiger partial charge >= 0.3 is 13.1 Å². The number of aliphatic hydroxyl groups is 1. The molecule has 2 rings (SSSR count). The lowest BCUT2D eigenvalue weighted by molar-refractivity contribution is -0.180. The van der Waals surface area contributed by atoms with Crippen LogP contribution in [0.2, 0.25) is 5.82 Å². The largest absolute Gasteiger partial charge is 0.465 e. The topological polar surface area (TPSA) is 65.0 Å². The zero-order valence-electron chi connectivity index (χ0n) is 19.9. The maximum absolute atomic E-state index is 13.4. The van der Waals surface area contributed by atoms with Gasteiger partial charge in [0.2, 0.25) is 0 Å². The fourth-order valence-corrected chi connectivity index (χ4v) is 3.43. The average molecular weight is 416 g/mol. The molecule has 0 radical (unpaired) electrons. The molecule has 30 heavy (non-hydrogen) atoms. The third-order valence-corrected chi connectivity index (χ3v) is 5.84. The van der Waals surface area contributed by atoms with Gasteiger partial charge in [-0.15, -0.1) is 0 Å². The Kier molecular flexibility index (Phi) is 6.97. The maximum Gasteiger partial charge on any atom is 0.465 e. The molecule has 166 valence electrons. The minimum atomic E-state index is -1.94. The van der Waals surface area contributed by atoms with Crippen molar-refractivity contribution in [3.05, 3.63) is 47.5 Å². The summed E-state index contributed by atoms with van der Waals surface area (Å²) in [5.74, 6) is -1.41. The summed E-state index contributed by atoms with van der Waals surface area (Å²) < 4.78 is 18.3. The van der Waals surface area contributed by atoms with Crippen molar-refractivity contribution >= 4 is 13.1 Å². The van der Waals surface area contributed by atoms with Crippen molar-refractivity contribution in [1.29, 1.82) is 0 Å². The molecule has 1 aliphatic heterocycles. The van der Waals surface area contributed by atoms with E-state index in [1.54, 1.807) is 45.0 Å². The first kappa shape index (κ1) is 24.6. The van der Waals surface area contributed by atoms with Crippen LogP contribution in [0.5, 0.6) is 0 Å². The number of carbonyl (C=O) groups is 1. The first-order chi connectivity index (χ1) is 13.6. The molecule has 1 saturated heterocycles. The number of benzene rings is 1. The van der Waals surface area contributed by atoms with Gasteiger partial charge < -0.3 is 19.2 Å². The number of rotatable bonds is 6. The minimum Gasteiger partial charge on any atom is -0.458 e. The first-order valence-electron chi connectivity index (χ1n) is 10.6. The van der Waals surface area contributed by atoms with Gasteiger partial charge in [0.1, 0.15) is 5.60 Å². The van der Waals surface area contributed by atoms with Gasteiger partial charge in [-0.05, 0) is 74.3 Å². The van der Waals surface area contributed by atoms with E-state index in [0.717, 1.165) is 5.57 Å². The van der Waals surface area contributed by atoms with Crippen LogP contribution in [0.25, 0.3) is 0 Å². The quantitative estimate of drug-likeness (QED) is 0.400. The Bertz CT molecular complexity index is 759. The van der Waals surface area contributed by atoms with Gasteiger partial charge in [0.05, 0.1) is 11.2 Å². The fraction of sp³-hybridized carbons (Fsp3) is 0.625. The number of ether oxygens (including phenoxy) is 1. The van der Waals surface area contributed by atoms with Gasteiger partial charge in [-0.2, -0.15) is 0 Å². The van der Waals surface area contributed by atoms with E-state index in [4.69, 9.17) is 14.0 Å². The molecule has 0 aliphatic carbocycles. The van der Waals surface area contributed by atoms with Crippen LogP contribution >= 0.6 is 0 Å². The zero-order valence-corrected chi connectivity index (χ0v) is 19.9. The van der Waals surface area contributed by atoms with E-state index in [9.17, 15) is 9.90 Å². The van der Waals surface area contributed by atoms with Crippen LogP contribution in [-0.4, -0.2) is 35.0 Å². The molecule has 1 aliphatic rings. The molecule has 0 saturated carbocycles. The summed E-state index contributed by atoms with van der Waals surface area (Å²) in [6.45, 7) is 17.2. The smallest absolute Gasteiger partial charge is 0.458 e. The highest BCUT2D eigenvalue weighted by Gasteiger charge is 2.61. The normalized spacial score (nSPS) is 20.9. The maximum atomic E-state index is 13.4. The summed E-state index contributed by atoms with van der Waals surface area (Å²) in [7, 11) is -0.789. The van der Waals surface area contributed by atoms with Gasteiger partial charge in [0, 0.05) is 5.82 Å². The highest BCUT2D eigenvalue weighted by atomic mass is 16.7. The molecule has 1 heterocycles. The van der Waals surface area contributed by atoms with Crippen molar-refractivity contribution in [1.82, 2.24) is 0 Å². The Balaban J connectivity index is 2.61. The summed E-state index contributed by atoms with van der Waals surface area (Å²) >= 11 is 0. The standard InChI is InChI=1S/C24H37BO5/c1-17(2)15-16-19(25-29-22(6,7)23(8,9)30-25)24(27,18-13-11-10-12-14-18)20(26)28-21(3,4)5/h10-15,19,27H,16H2,1-9H3/t19-,24+/m1/s1. The van der Waals surface area contributed by atoms with Crippen LogP contribution in [-0.2, 0) is 24.4 Å². The van der Waals surface area contributed by atoms with Crippen LogP contribution in [0, 0.1) is 0 Å². The van der Waals surface area contributed by atoms with Crippen molar-refractivity contribution in [2.75, 3.05) is 0 Å². The molecule has 0 bridgehead atoms. The molecule has 1 aromatic rings. The van der Waals surface area contributed by atoms with Crippen LogP contribution < -0.4 is 0 Å². The van der Waals surface area contributed by atoms with Crippen molar-refractivity contribution in [3.63, 3.8) is 0 Å². The number of allylic oxidation sites excluding steroid dienone is 2. The fourth-order valence-electron chi connectivity index (χ4n) is 3.43. The molecule has 0 spiro atoms. The summed E-state index contributed by atoms with van der Waals surface area (Å²) in [6, 6.07) is 8.92. The van der Waals surface area contributed by atoms with E-state index in [0.29, 0.717) is 12.0 Å². The molecule has 2 atom stereocenters. The highest BCUT2D eigenvalue weighted by Crippen LogP contribution is 2.48. The molecule has 0 aromatic heterocycles. The Hall–Kier alpha value is -1.63. The molecule has 0 unspecified atom stereocenters. The zero-order chi connectivity index (χ0) is 23.0. The van der Waals surface area contributed by atoms with Crippen molar-refractivity contribution in [2.24, 2.45) is 0 Å². The van der Waals surface area contributed by atoms with E-state index in [2.05, 4.69) is 0 Å². The van der Waals surface area contributed by atoms with E-state index < -0.39 is 41.3 Å². The molecule has 5 nitrogen and oxygen atoms in total. The molecule has 6 heteroatoms. The lowest BCUT2D eigenvalue weighted by Gasteiger charge is -2.37. The molecular weight excluding hydrogens is 379 g/mol. The Morgan fingerprint density at radius 3 is 2.03 bits per heavy atom. The summed E-state index contributed by atoms with van der Waals surface area (Å²) in [6.07, 6.45) is 2.39. The van der Waals surface area contributed by atoms with Gasteiger partial charge in [0.25, 0.3) is 0 Å². The lowest BCUT2D eigenvalue weighted by Crippen LogP contribution is -2.49. The summed E-state index contributed by atoms with van der Waals surface area (Å²) in [5.41, 5.74) is -2.34. The lowest BCUT2D eigenvalue weighted by atomic mass is 9.59. The van der Waals surface area contributed by atoms with Gasteiger partial charge in [-0.3, -0.25) is 0 Å². The molecule has 1 N–H and O–H groups in total. The van der Waals surface area contributed by atoms with Crippen LogP contribution in [0.15, 0.2) is 42.0 Å². The van der Waals surface area contributed by atoms with Crippen molar-refractivity contribution < 1.29 is 23.9 Å². The average Bonchev–Trinajstić information content (AvgIpc) is 2.81. The van der Waals surface area contributed by atoms with Crippen LogP contribution in [0.3, 0.4) is 0 Å². The monoisotopic (exact) mass is 416 g/mol. The number of carbonyl (C=O) groups excluding carboxylic acids is 1. The third kappa shape index (κ3) is 5.16. The van der Waals surface area contributed by atoms with Gasteiger partial charge in [-0.1, -0.05) is 42.0 Å². The number of esters is 1. The molecule has 1 aromatic carbocycles. The van der Waals surface area contributed by atoms with Crippen molar-refractivity contribution in [3.8, 4) is 0 Å². The van der Waals surface area contributed by atoms with Crippen molar-refractivity contribution in [2.45, 2.75) is 97.0 Å². The van der Waals surface area contributed by atoms with Gasteiger partial charge in [-0.25, -0.2) is 4.79 Å². The second-order valence-corrected chi connectivity index (χ2v) is 10.4. The molecule has 1 fully saturated rings. The van der Waals surface area contributed by atoms with Gasteiger partial charge in [0.15, 0.2) is 5.60 Å². The van der Waals surface area contributed by atoms with E-state index in [-0.39, 0.29) is 0 Å². The second-order valence-electron chi connectivity index (χ2n) is 10.4. The highest BCUT2D eigenvalue weighted by molar-refractivity contribution is 6.48. The predicted molar refractivity (Wildman–Crippen MR) is 120 cm³/mol. The SMILES string of the molecule is CC(C)=CC[C@@H](B1OC(C)(C)C(C)(C)O1)[C@](O)(C(=O)OC(C)(C)C)c1ccccc1. The Morgan fingerprint density at radius 2 is 1.60 bits per heavy atom. The van der Waals surface area contributed by atoms with E-state index >= 15 is 0 Å². The number of hydrogen-bond acceptors (Lipinski definition) is 5. The summed E-state index contributed by atoms with van der Waals surface area (Å²) in [4.78, 5) is 13.4. The van der Waals surface area contributed by atoms with Crippen LogP contribution in [0.1, 0.15) is 74.3 Å². The Labute approximate surface area is 181 Å². The van der Waals surface area contributed by atoms with E-state index in [1.165, 1.54) is 0 Å². The predicted octanol–water partition coefficient (Wildman–Crippen LogP) is 5.03. The molecule has 0 amide bonds. The van der Waals surface area contributed by atoms with E-state index in [1.807, 2.05) is 53.7 Å². The molecular formula is C24H37BO5. The van der Waals surface area contributed by atoms with Crippen LogP contribution in [0.4, 0.5) is 0 Å². The third-order valence-electron chi connectivity index (χ3n) is 5.84. The Morgan fingerprint density at radius 1 is 1.10 bits per heavy atom. The minimum absolute atomic E-state index is 0.393. The second kappa shape index (κ2) is 8.48.